The summed E-state index contributed by atoms with van der Waals surface area (Å²) in [5, 5.41) is 6.11. The zero-order valence-corrected chi connectivity index (χ0v) is 14.0. The van der Waals surface area contributed by atoms with Crippen LogP contribution in [-0.4, -0.2) is 38.3 Å². The van der Waals surface area contributed by atoms with E-state index in [0.717, 1.165) is 30.0 Å². The molecule has 0 atom stereocenters. The third-order valence-electron chi connectivity index (χ3n) is 3.48. The largest absolute Gasteiger partial charge is 0.496 e. The first-order valence-electron chi connectivity index (χ1n) is 7.83. The topological polar surface area (TPSA) is 72.5 Å². The third-order valence-corrected chi connectivity index (χ3v) is 3.48. The summed E-state index contributed by atoms with van der Waals surface area (Å²) in [4.78, 5) is 16.4. The van der Waals surface area contributed by atoms with Crippen LogP contribution >= 0.6 is 0 Å². The number of carbonyl (C=O) groups is 1. The average molecular weight is 329 g/mol. The SMILES string of the molecule is COCCCNc1ccnc(C(=O)NCc2ccccc2OC)c1. The zero-order valence-electron chi connectivity index (χ0n) is 14.0. The maximum absolute atomic E-state index is 12.3. The summed E-state index contributed by atoms with van der Waals surface area (Å²) in [7, 11) is 3.29. The van der Waals surface area contributed by atoms with Gasteiger partial charge in [-0.15, -0.1) is 0 Å². The fourth-order valence-electron chi connectivity index (χ4n) is 2.23. The zero-order chi connectivity index (χ0) is 17.2. The number of ether oxygens (including phenoxy) is 2. The highest BCUT2D eigenvalue weighted by Crippen LogP contribution is 2.17. The number of hydrogen-bond donors (Lipinski definition) is 2. The maximum Gasteiger partial charge on any atom is 0.270 e. The number of hydrogen-bond acceptors (Lipinski definition) is 5. The molecule has 2 aromatic rings. The summed E-state index contributed by atoms with van der Waals surface area (Å²) in [5.74, 6) is 0.528. The number of para-hydroxylation sites is 1. The van der Waals surface area contributed by atoms with E-state index in [1.54, 1.807) is 26.5 Å². The van der Waals surface area contributed by atoms with Crippen molar-refractivity contribution in [2.75, 3.05) is 32.7 Å². The smallest absolute Gasteiger partial charge is 0.270 e. The molecule has 2 N–H and O–H groups in total. The minimum absolute atomic E-state index is 0.221. The quantitative estimate of drug-likeness (QED) is 0.692. The molecule has 1 aromatic heterocycles. The fourth-order valence-corrected chi connectivity index (χ4v) is 2.23. The van der Waals surface area contributed by atoms with Gasteiger partial charge in [0.25, 0.3) is 5.91 Å². The molecular formula is C18H23N3O3. The highest BCUT2D eigenvalue weighted by atomic mass is 16.5. The fraction of sp³-hybridized carbons (Fsp3) is 0.333. The Bertz CT molecular complexity index is 661. The molecule has 1 amide bonds. The third kappa shape index (κ3) is 5.24. The molecule has 0 saturated heterocycles. The molecule has 1 aromatic carbocycles. The molecular weight excluding hydrogens is 306 g/mol. The van der Waals surface area contributed by atoms with E-state index in [1.165, 1.54) is 0 Å². The molecule has 24 heavy (non-hydrogen) atoms. The van der Waals surface area contributed by atoms with Gasteiger partial charge in [-0.3, -0.25) is 9.78 Å². The minimum atomic E-state index is -0.221. The monoisotopic (exact) mass is 329 g/mol. The number of anilines is 1. The number of pyridine rings is 1. The minimum Gasteiger partial charge on any atom is -0.496 e. The van der Waals surface area contributed by atoms with Gasteiger partial charge < -0.3 is 20.1 Å². The summed E-state index contributed by atoms with van der Waals surface area (Å²) in [6.45, 7) is 1.86. The Hall–Kier alpha value is -2.60. The highest BCUT2D eigenvalue weighted by Gasteiger charge is 2.09. The summed E-state index contributed by atoms with van der Waals surface area (Å²) in [5.41, 5.74) is 2.16. The molecule has 0 spiro atoms. The van der Waals surface area contributed by atoms with Gasteiger partial charge in [0.1, 0.15) is 11.4 Å². The summed E-state index contributed by atoms with van der Waals surface area (Å²) in [6, 6.07) is 11.2. The number of nitrogens with one attached hydrogen (secondary N) is 2. The first-order valence-corrected chi connectivity index (χ1v) is 7.83. The van der Waals surface area contributed by atoms with Gasteiger partial charge in [0.2, 0.25) is 0 Å². The van der Waals surface area contributed by atoms with Crippen molar-refractivity contribution in [3.8, 4) is 5.75 Å². The van der Waals surface area contributed by atoms with Crippen molar-refractivity contribution in [1.29, 1.82) is 0 Å². The van der Waals surface area contributed by atoms with Crippen LogP contribution in [0.4, 0.5) is 5.69 Å². The molecule has 6 nitrogen and oxygen atoms in total. The van der Waals surface area contributed by atoms with Crippen LogP contribution in [0.25, 0.3) is 0 Å². The molecule has 0 radical (unpaired) electrons. The molecule has 0 aliphatic rings. The second-order valence-corrected chi connectivity index (χ2v) is 5.20. The lowest BCUT2D eigenvalue weighted by molar-refractivity contribution is 0.0945. The molecule has 0 bridgehead atoms. The van der Waals surface area contributed by atoms with Crippen LogP contribution in [0, 0.1) is 0 Å². The van der Waals surface area contributed by atoms with E-state index in [-0.39, 0.29) is 5.91 Å². The lowest BCUT2D eigenvalue weighted by Crippen LogP contribution is -2.24. The molecule has 0 aliphatic heterocycles. The maximum atomic E-state index is 12.3. The Labute approximate surface area is 142 Å². The van der Waals surface area contributed by atoms with Gasteiger partial charge in [-0.2, -0.15) is 0 Å². The van der Waals surface area contributed by atoms with E-state index in [1.807, 2.05) is 30.3 Å². The van der Waals surface area contributed by atoms with Gasteiger partial charge in [0.15, 0.2) is 0 Å². The van der Waals surface area contributed by atoms with E-state index in [0.29, 0.717) is 18.8 Å². The van der Waals surface area contributed by atoms with Gasteiger partial charge >= 0.3 is 0 Å². The van der Waals surface area contributed by atoms with Crippen LogP contribution in [0.3, 0.4) is 0 Å². The number of amides is 1. The van der Waals surface area contributed by atoms with Crippen molar-refractivity contribution >= 4 is 11.6 Å². The molecule has 0 fully saturated rings. The second-order valence-electron chi connectivity index (χ2n) is 5.20. The van der Waals surface area contributed by atoms with E-state index in [2.05, 4.69) is 15.6 Å². The summed E-state index contributed by atoms with van der Waals surface area (Å²) < 4.78 is 10.3. The van der Waals surface area contributed by atoms with Crippen molar-refractivity contribution in [2.45, 2.75) is 13.0 Å². The molecule has 0 unspecified atom stereocenters. The van der Waals surface area contributed by atoms with Gasteiger partial charge in [-0.1, -0.05) is 18.2 Å². The Morgan fingerprint density at radius 2 is 2.04 bits per heavy atom. The van der Waals surface area contributed by atoms with Crippen LogP contribution in [0.15, 0.2) is 42.6 Å². The van der Waals surface area contributed by atoms with Crippen molar-refractivity contribution in [2.24, 2.45) is 0 Å². The highest BCUT2D eigenvalue weighted by molar-refractivity contribution is 5.93. The van der Waals surface area contributed by atoms with Crippen LogP contribution in [0.5, 0.6) is 5.75 Å². The van der Waals surface area contributed by atoms with Crippen molar-refractivity contribution in [3.63, 3.8) is 0 Å². The van der Waals surface area contributed by atoms with Gasteiger partial charge in [-0.25, -0.2) is 0 Å². The van der Waals surface area contributed by atoms with E-state index in [4.69, 9.17) is 9.47 Å². The number of carbonyl (C=O) groups excluding carboxylic acids is 1. The molecule has 1 heterocycles. The molecule has 128 valence electrons. The number of benzene rings is 1. The van der Waals surface area contributed by atoms with E-state index < -0.39 is 0 Å². The number of methoxy groups -OCH3 is 2. The predicted octanol–water partition coefficient (Wildman–Crippen LogP) is 2.47. The van der Waals surface area contributed by atoms with Crippen molar-refractivity contribution < 1.29 is 14.3 Å². The van der Waals surface area contributed by atoms with Crippen LogP contribution < -0.4 is 15.4 Å². The van der Waals surface area contributed by atoms with Gasteiger partial charge in [0.05, 0.1) is 7.11 Å². The Kier molecular flexibility index (Phi) is 7.04. The van der Waals surface area contributed by atoms with Crippen LogP contribution in [-0.2, 0) is 11.3 Å². The normalized spacial score (nSPS) is 10.2. The molecule has 2 rings (SSSR count). The molecule has 0 saturated carbocycles. The first kappa shape index (κ1) is 17.7. The number of aromatic nitrogens is 1. The van der Waals surface area contributed by atoms with Crippen molar-refractivity contribution in [1.82, 2.24) is 10.3 Å². The van der Waals surface area contributed by atoms with Crippen LogP contribution in [0.2, 0.25) is 0 Å². The standard InChI is InChI=1S/C18H23N3O3/c1-23-11-5-9-19-15-8-10-20-16(12-15)18(22)21-13-14-6-3-4-7-17(14)24-2/h3-4,6-8,10,12H,5,9,11,13H2,1-2H3,(H,19,20)(H,21,22). The second kappa shape index (κ2) is 9.52. The Morgan fingerprint density at radius 3 is 2.83 bits per heavy atom. The first-order chi connectivity index (χ1) is 11.7. The molecule has 0 aliphatic carbocycles. The van der Waals surface area contributed by atoms with Gasteiger partial charge in [0, 0.05) is 44.3 Å². The Morgan fingerprint density at radius 1 is 1.21 bits per heavy atom. The lowest BCUT2D eigenvalue weighted by atomic mass is 10.2. The molecule has 6 heteroatoms. The lowest BCUT2D eigenvalue weighted by Gasteiger charge is -2.10. The predicted molar refractivity (Wildman–Crippen MR) is 93.4 cm³/mol. The Balaban J connectivity index is 1.92. The summed E-state index contributed by atoms with van der Waals surface area (Å²) in [6.07, 6.45) is 2.52. The number of nitrogens with zero attached hydrogens (tertiary/aromatic N) is 1. The van der Waals surface area contributed by atoms with Crippen molar-refractivity contribution in [3.05, 3.63) is 53.9 Å². The average Bonchev–Trinajstić information content (AvgIpc) is 2.63. The number of rotatable bonds is 9. The van der Waals surface area contributed by atoms with Crippen LogP contribution in [0.1, 0.15) is 22.5 Å². The summed E-state index contributed by atoms with van der Waals surface area (Å²) >= 11 is 0. The van der Waals surface area contributed by atoms with E-state index >= 15 is 0 Å². The van der Waals surface area contributed by atoms with Gasteiger partial charge in [-0.05, 0) is 24.6 Å². The van der Waals surface area contributed by atoms with E-state index in [9.17, 15) is 4.79 Å².